The van der Waals surface area contributed by atoms with Crippen LogP contribution in [-0.2, 0) is 11.0 Å². The van der Waals surface area contributed by atoms with Crippen molar-refractivity contribution >= 4 is 11.0 Å². The van der Waals surface area contributed by atoms with Crippen molar-refractivity contribution in [1.82, 2.24) is 4.72 Å². The maximum Gasteiger partial charge on any atom is 0.0915 e. The lowest BCUT2D eigenvalue weighted by Crippen LogP contribution is -2.33. The first-order valence-corrected chi connectivity index (χ1v) is 5.64. The quantitative estimate of drug-likeness (QED) is 0.713. The third-order valence-electron chi connectivity index (χ3n) is 2.23. The fourth-order valence-corrected chi connectivity index (χ4v) is 2.29. The normalized spacial score (nSPS) is 31.3. The summed E-state index contributed by atoms with van der Waals surface area (Å²) in [7, 11) is -0.940. The molecule has 1 saturated carbocycles. The average molecular weight is 186 g/mol. The Morgan fingerprint density at radius 3 is 3.00 bits per heavy atom. The van der Waals surface area contributed by atoms with Crippen molar-refractivity contribution in [3.8, 4) is 6.07 Å². The van der Waals surface area contributed by atoms with Gasteiger partial charge in [-0.25, -0.2) is 8.93 Å². The molecule has 0 amide bonds. The van der Waals surface area contributed by atoms with E-state index in [-0.39, 0.29) is 12.0 Å². The Morgan fingerprint density at radius 2 is 2.42 bits per heavy atom. The zero-order valence-corrected chi connectivity index (χ0v) is 8.06. The zero-order chi connectivity index (χ0) is 8.97. The van der Waals surface area contributed by atoms with Crippen molar-refractivity contribution < 1.29 is 4.21 Å². The molecule has 0 heterocycles. The van der Waals surface area contributed by atoms with E-state index in [4.69, 9.17) is 5.26 Å². The number of nitriles is 1. The van der Waals surface area contributed by atoms with Crippen molar-refractivity contribution in [2.45, 2.75) is 32.2 Å². The Hall–Kier alpha value is -0.400. The van der Waals surface area contributed by atoms with Crippen LogP contribution in [0.25, 0.3) is 0 Å². The van der Waals surface area contributed by atoms with Gasteiger partial charge < -0.3 is 0 Å². The standard InChI is InChI=1S/C8H14N2OS/c1-2-12(11)10-8-5-3-4-7(8)6-9/h7-8,10H,2-5H2,1H3. The highest BCUT2D eigenvalue weighted by molar-refractivity contribution is 7.82. The highest BCUT2D eigenvalue weighted by atomic mass is 32.2. The molecule has 1 aliphatic rings. The molecule has 1 aliphatic carbocycles. The molecule has 0 bridgehead atoms. The summed E-state index contributed by atoms with van der Waals surface area (Å²) in [6, 6.07) is 2.41. The number of nitrogens with one attached hydrogen (secondary N) is 1. The van der Waals surface area contributed by atoms with E-state index in [0.29, 0.717) is 5.75 Å². The van der Waals surface area contributed by atoms with E-state index >= 15 is 0 Å². The first-order chi connectivity index (χ1) is 5.77. The molecule has 1 fully saturated rings. The summed E-state index contributed by atoms with van der Waals surface area (Å²) in [5.74, 6) is 0.690. The molecule has 1 rings (SSSR count). The molecule has 0 aliphatic heterocycles. The van der Waals surface area contributed by atoms with Crippen LogP contribution >= 0.6 is 0 Å². The van der Waals surface area contributed by atoms with Gasteiger partial charge in [-0.3, -0.25) is 0 Å². The predicted molar refractivity (Wildman–Crippen MR) is 48.6 cm³/mol. The van der Waals surface area contributed by atoms with Crippen molar-refractivity contribution in [3.63, 3.8) is 0 Å². The number of rotatable bonds is 3. The third-order valence-corrected chi connectivity index (χ3v) is 3.32. The molecule has 3 atom stereocenters. The SMILES string of the molecule is CCS(=O)NC1CCCC1C#N. The Labute approximate surface area is 75.7 Å². The van der Waals surface area contributed by atoms with Crippen molar-refractivity contribution in [2.24, 2.45) is 5.92 Å². The van der Waals surface area contributed by atoms with Crippen LogP contribution in [0.3, 0.4) is 0 Å². The van der Waals surface area contributed by atoms with Crippen molar-refractivity contribution in [3.05, 3.63) is 0 Å². The molecule has 3 unspecified atom stereocenters. The molecule has 4 heteroatoms. The van der Waals surface area contributed by atoms with Crippen LogP contribution in [0.5, 0.6) is 0 Å². The van der Waals surface area contributed by atoms with E-state index in [0.717, 1.165) is 19.3 Å². The molecule has 0 aromatic heterocycles. The fraction of sp³-hybridized carbons (Fsp3) is 0.875. The molecule has 0 radical (unpaired) electrons. The minimum atomic E-state index is -0.940. The van der Waals surface area contributed by atoms with Crippen LogP contribution in [0, 0.1) is 17.2 Å². The minimum Gasteiger partial charge on any atom is -0.243 e. The highest BCUT2D eigenvalue weighted by Crippen LogP contribution is 2.24. The summed E-state index contributed by atoms with van der Waals surface area (Å²) >= 11 is 0. The second-order valence-electron chi connectivity index (χ2n) is 3.03. The Balaban J connectivity index is 2.42. The number of nitrogens with zero attached hydrogens (tertiary/aromatic N) is 1. The summed E-state index contributed by atoms with van der Waals surface area (Å²) in [5.41, 5.74) is 0. The molecule has 0 aromatic carbocycles. The second-order valence-corrected chi connectivity index (χ2v) is 4.53. The Morgan fingerprint density at radius 1 is 1.67 bits per heavy atom. The molecule has 12 heavy (non-hydrogen) atoms. The van der Waals surface area contributed by atoms with Gasteiger partial charge in [0.1, 0.15) is 0 Å². The fourth-order valence-electron chi connectivity index (χ4n) is 1.51. The van der Waals surface area contributed by atoms with Gasteiger partial charge in [0.15, 0.2) is 0 Å². The first kappa shape index (κ1) is 9.69. The number of hydrogen-bond donors (Lipinski definition) is 1. The maximum absolute atomic E-state index is 11.1. The van der Waals surface area contributed by atoms with Crippen LogP contribution < -0.4 is 4.72 Å². The largest absolute Gasteiger partial charge is 0.243 e. The van der Waals surface area contributed by atoms with Gasteiger partial charge in [-0.2, -0.15) is 5.26 Å². The monoisotopic (exact) mass is 186 g/mol. The molecule has 0 aromatic rings. The molecular weight excluding hydrogens is 172 g/mol. The Bertz CT molecular complexity index is 212. The van der Waals surface area contributed by atoms with E-state index < -0.39 is 11.0 Å². The second kappa shape index (κ2) is 4.58. The van der Waals surface area contributed by atoms with Gasteiger partial charge in [0.2, 0.25) is 0 Å². The smallest absolute Gasteiger partial charge is 0.0915 e. The Kier molecular flexibility index (Phi) is 3.70. The summed E-state index contributed by atoms with van der Waals surface area (Å²) in [6.45, 7) is 1.87. The van der Waals surface area contributed by atoms with Gasteiger partial charge in [0, 0.05) is 11.8 Å². The topological polar surface area (TPSA) is 52.9 Å². The predicted octanol–water partition coefficient (Wildman–Crippen LogP) is 0.952. The summed E-state index contributed by atoms with van der Waals surface area (Å²) in [6.07, 6.45) is 3.02. The molecule has 1 N–H and O–H groups in total. The zero-order valence-electron chi connectivity index (χ0n) is 7.25. The molecule has 0 saturated heterocycles. The van der Waals surface area contributed by atoms with Gasteiger partial charge in [-0.1, -0.05) is 13.3 Å². The van der Waals surface area contributed by atoms with Crippen LogP contribution in [0.2, 0.25) is 0 Å². The first-order valence-electron chi connectivity index (χ1n) is 4.32. The van der Waals surface area contributed by atoms with Crippen LogP contribution in [-0.4, -0.2) is 16.0 Å². The van der Waals surface area contributed by atoms with E-state index in [1.54, 1.807) is 0 Å². The van der Waals surface area contributed by atoms with Gasteiger partial charge >= 0.3 is 0 Å². The summed E-state index contributed by atoms with van der Waals surface area (Å²) < 4.78 is 14.1. The third kappa shape index (κ3) is 2.29. The lowest BCUT2D eigenvalue weighted by molar-refractivity contribution is 0.546. The molecule has 3 nitrogen and oxygen atoms in total. The van der Waals surface area contributed by atoms with Crippen molar-refractivity contribution in [2.75, 3.05) is 5.75 Å². The van der Waals surface area contributed by atoms with E-state index in [1.165, 1.54) is 0 Å². The highest BCUT2D eigenvalue weighted by Gasteiger charge is 2.27. The summed E-state index contributed by atoms with van der Waals surface area (Å²) in [4.78, 5) is 0. The van der Waals surface area contributed by atoms with Gasteiger partial charge in [-0.05, 0) is 12.8 Å². The average Bonchev–Trinajstić information content (AvgIpc) is 2.51. The summed E-state index contributed by atoms with van der Waals surface area (Å²) in [5, 5.41) is 8.73. The van der Waals surface area contributed by atoms with Crippen molar-refractivity contribution in [1.29, 1.82) is 5.26 Å². The van der Waals surface area contributed by atoms with E-state index in [2.05, 4.69) is 10.8 Å². The van der Waals surface area contributed by atoms with E-state index in [1.807, 2.05) is 6.92 Å². The lowest BCUT2D eigenvalue weighted by atomic mass is 10.1. The van der Waals surface area contributed by atoms with Gasteiger partial charge in [0.05, 0.1) is 23.0 Å². The maximum atomic E-state index is 11.1. The van der Waals surface area contributed by atoms with Crippen LogP contribution in [0.1, 0.15) is 26.2 Å². The lowest BCUT2D eigenvalue weighted by Gasteiger charge is -2.13. The molecule has 0 spiro atoms. The van der Waals surface area contributed by atoms with Crippen LogP contribution in [0.15, 0.2) is 0 Å². The minimum absolute atomic E-state index is 0.0699. The molecule has 68 valence electrons. The van der Waals surface area contributed by atoms with Gasteiger partial charge in [0.25, 0.3) is 0 Å². The van der Waals surface area contributed by atoms with Crippen LogP contribution in [0.4, 0.5) is 0 Å². The molecular formula is C8H14N2OS. The number of hydrogen-bond acceptors (Lipinski definition) is 2. The van der Waals surface area contributed by atoms with Gasteiger partial charge in [-0.15, -0.1) is 0 Å². The van der Waals surface area contributed by atoms with E-state index in [9.17, 15) is 4.21 Å².